The van der Waals surface area contributed by atoms with Crippen LogP contribution in [0.1, 0.15) is 6.92 Å². The van der Waals surface area contributed by atoms with Gasteiger partial charge in [-0.15, -0.1) is 0 Å². The lowest BCUT2D eigenvalue weighted by Gasteiger charge is -2.04. The summed E-state index contributed by atoms with van der Waals surface area (Å²) in [5.41, 5.74) is 0. The van der Waals surface area contributed by atoms with Crippen molar-refractivity contribution >= 4 is 0 Å². The third-order valence-electron chi connectivity index (χ3n) is 1.36. The smallest absolute Gasteiger partial charge is 0.106 e. The second kappa shape index (κ2) is 3.86. The Morgan fingerprint density at radius 3 is 2.64 bits per heavy atom. The van der Waals surface area contributed by atoms with Crippen molar-refractivity contribution in [3.63, 3.8) is 0 Å². The summed E-state index contributed by atoms with van der Waals surface area (Å²) < 4.78 is 7.27. The number of nitrogens with zero attached hydrogens (tertiary/aromatic N) is 1. The fourth-order valence-corrected chi connectivity index (χ4v) is 0.845. The Hall–Kier alpha value is -1.18. The van der Waals surface area contributed by atoms with Gasteiger partial charge < -0.3 is 9.30 Å². The van der Waals surface area contributed by atoms with Gasteiger partial charge in [0.15, 0.2) is 0 Å². The highest BCUT2D eigenvalue weighted by Crippen LogP contribution is 1.93. The molecule has 1 rings (SSSR count). The van der Waals surface area contributed by atoms with E-state index in [1.54, 1.807) is 0 Å². The van der Waals surface area contributed by atoms with Crippen molar-refractivity contribution in [2.75, 3.05) is 6.61 Å². The molecule has 1 aromatic rings. The van der Waals surface area contributed by atoms with Crippen molar-refractivity contribution in [1.82, 2.24) is 4.57 Å². The molecule has 0 saturated carbocycles. The molecule has 11 heavy (non-hydrogen) atoms. The molecule has 0 amide bonds. The molecule has 1 aromatic heterocycles. The Morgan fingerprint density at radius 2 is 2.09 bits per heavy atom. The average molecular weight is 151 g/mol. The van der Waals surface area contributed by atoms with E-state index in [-0.39, 0.29) is 0 Å². The Bertz CT molecular complexity index is 213. The van der Waals surface area contributed by atoms with Crippen molar-refractivity contribution in [3.05, 3.63) is 36.9 Å². The molecule has 0 fully saturated rings. The van der Waals surface area contributed by atoms with Crippen molar-refractivity contribution in [3.8, 4) is 0 Å². The van der Waals surface area contributed by atoms with Crippen molar-refractivity contribution in [1.29, 1.82) is 0 Å². The van der Waals surface area contributed by atoms with Gasteiger partial charge in [-0.25, -0.2) is 0 Å². The molecular formula is C9H13NO. The first-order valence-electron chi connectivity index (χ1n) is 3.68. The van der Waals surface area contributed by atoms with Crippen LogP contribution in [0.2, 0.25) is 0 Å². The van der Waals surface area contributed by atoms with Gasteiger partial charge in [-0.2, -0.15) is 0 Å². The Balaban J connectivity index is 2.19. The molecule has 0 aliphatic heterocycles. The first kappa shape index (κ1) is 7.92. The van der Waals surface area contributed by atoms with Gasteiger partial charge in [0.25, 0.3) is 0 Å². The monoisotopic (exact) mass is 151 g/mol. The first-order chi connectivity index (χ1) is 5.29. The van der Waals surface area contributed by atoms with Crippen LogP contribution in [0.4, 0.5) is 0 Å². The number of hydrogen-bond acceptors (Lipinski definition) is 1. The molecule has 1 heterocycles. The molecule has 0 spiro atoms. The summed E-state index contributed by atoms with van der Waals surface area (Å²) in [6, 6.07) is 4.00. The van der Waals surface area contributed by atoms with Crippen molar-refractivity contribution < 1.29 is 4.74 Å². The molecule has 0 saturated heterocycles. The van der Waals surface area contributed by atoms with Crippen LogP contribution < -0.4 is 0 Å². The maximum absolute atomic E-state index is 5.20. The lowest BCUT2D eigenvalue weighted by Crippen LogP contribution is -2.02. The van der Waals surface area contributed by atoms with E-state index in [2.05, 4.69) is 11.1 Å². The zero-order valence-corrected chi connectivity index (χ0v) is 6.79. The Morgan fingerprint density at radius 1 is 1.45 bits per heavy atom. The van der Waals surface area contributed by atoms with E-state index in [0.29, 0.717) is 6.61 Å². The molecule has 2 heteroatoms. The highest BCUT2D eigenvalue weighted by Gasteiger charge is 1.88. The molecule has 60 valence electrons. The highest BCUT2D eigenvalue weighted by atomic mass is 16.5. The summed E-state index contributed by atoms with van der Waals surface area (Å²) in [7, 11) is 0. The minimum absolute atomic E-state index is 0.698. The highest BCUT2D eigenvalue weighted by molar-refractivity contribution is 4.90. The largest absolute Gasteiger partial charge is 0.497 e. The van der Waals surface area contributed by atoms with Gasteiger partial charge in [0.1, 0.15) is 6.61 Å². The van der Waals surface area contributed by atoms with Crippen LogP contribution in [-0.2, 0) is 11.3 Å². The van der Waals surface area contributed by atoms with E-state index in [1.807, 2.05) is 31.5 Å². The van der Waals surface area contributed by atoms with Crippen molar-refractivity contribution in [2.45, 2.75) is 13.5 Å². The number of aromatic nitrogens is 1. The van der Waals surface area contributed by atoms with Crippen LogP contribution in [-0.4, -0.2) is 11.2 Å². The summed E-state index contributed by atoms with van der Waals surface area (Å²) >= 11 is 0. The van der Waals surface area contributed by atoms with E-state index in [9.17, 15) is 0 Å². The minimum atomic E-state index is 0.698. The molecule has 0 aliphatic carbocycles. The maximum atomic E-state index is 5.20. The van der Waals surface area contributed by atoms with Gasteiger partial charge in [-0.1, -0.05) is 6.58 Å². The van der Waals surface area contributed by atoms with Gasteiger partial charge in [-0.05, 0) is 19.1 Å². The quantitative estimate of drug-likeness (QED) is 0.600. The van der Waals surface area contributed by atoms with Gasteiger partial charge in [0.2, 0.25) is 0 Å². The molecule has 0 aliphatic rings. The van der Waals surface area contributed by atoms with Gasteiger partial charge >= 0.3 is 0 Å². The number of hydrogen-bond donors (Lipinski definition) is 0. The van der Waals surface area contributed by atoms with Gasteiger partial charge in [0.05, 0.1) is 12.3 Å². The maximum Gasteiger partial charge on any atom is 0.106 e. The lowest BCUT2D eigenvalue weighted by atomic mass is 10.6. The first-order valence-corrected chi connectivity index (χ1v) is 3.68. The van der Waals surface area contributed by atoms with E-state index in [0.717, 1.165) is 12.3 Å². The van der Waals surface area contributed by atoms with Crippen LogP contribution in [0.3, 0.4) is 0 Å². The molecular weight excluding hydrogens is 138 g/mol. The summed E-state index contributed by atoms with van der Waals surface area (Å²) in [6.07, 6.45) is 4.03. The summed E-state index contributed by atoms with van der Waals surface area (Å²) in [6.45, 7) is 7.09. The van der Waals surface area contributed by atoms with Crippen LogP contribution in [0, 0.1) is 0 Å². The standard InChI is InChI=1S/C9H13NO/c1-9(2)11-8-7-10-5-3-4-6-10/h3-6H,1,7-8H2,2H3. The van der Waals surface area contributed by atoms with Crippen LogP contribution >= 0.6 is 0 Å². The lowest BCUT2D eigenvalue weighted by molar-refractivity contribution is 0.203. The van der Waals surface area contributed by atoms with Gasteiger partial charge in [-0.3, -0.25) is 0 Å². The molecule has 0 unspecified atom stereocenters. The second-order valence-electron chi connectivity index (χ2n) is 2.47. The zero-order chi connectivity index (χ0) is 8.10. The number of ether oxygens (including phenoxy) is 1. The predicted molar refractivity (Wildman–Crippen MR) is 45.2 cm³/mol. The van der Waals surface area contributed by atoms with E-state index in [1.165, 1.54) is 0 Å². The number of rotatable bonds is 4. The molecule has 0 radical (unpaired) electrons. The summed E-state index contributed by atoms with van der Waals surface area (Å²) in [5.74, 6) is 0.775. The van der Waals surface area contributed by atoms with E-state index in [4.69, 9.17) is 4.74 Å². The van der Waals surface area contributed by atoms with E-state index >= 15 is 0 Å². The van der Waals surface area contributed by atoms with Crippen molar-refractivity contribution in [2.24, 2.45) is 0 Å². The average Bonchev–Trinajstić information content (AvgIpc) is 2.39. The SMILES string of the molecule is C=C(C)OCCn1cccc1. The summed E-state index contributed by atoms with van der Waals surface area (Å²) in [5, 5.41) is 0. The van der Waals surface area contributed by atoms with Crippen LogP contribution in [0.15, 0.2) is 36.9 Å². The molecule has 0 aromatic carbocycles. The fraction of sp³-hybridized carbons (Fsp3) is 0.333. The normalized spacial score (nSPS) is 9.55. The predicted octanol–water partition coefficient (Wildman–Crippen LogP) is 2.04. The number of allylic oxidation sites excluding steroid dienone is 1. The van der Waals surface area contributed by atoms with Gasteiger partial charge in [0, 0.05) is 12.4 Å². The van der Waals surface area contributed by atoms with Crippen LogP contribution in [0.25, 0.3) is 0 Å². The fourth-order valence-electron chi connectivity index (χ4n) is 0.845. The third kappa shape index (κ3) is 2.94. The summed E-state index contributed by atoms with van der Waals surface area (Å²) in [4.78, 5) is 0. The molecule has 0 N–H and O–H groups in total. The topological polar surface area (TPSA) is 14.2 Å². The van der Waals surface area contributed by atoms with E-state index < -0.39 is 0 Å². The second-order valence-corrected chi connectivity index (χ2v) is 2.47. The van der Waals surface area contributed by atoms with Crippen LogP contribution in [0.5, 0.6) is 0 Å². The zero-order valence-electron chi connectivity index (χ0n) is 6.79. The molecule has 2 nitrogen and oxygen atoms in total. The third-order valence-corrected chi connectivity index (χ3v) is 1.36. The minimum Gasteiger partial charge on any atom is -0.497 e. The molecule has 0 bridgehead atoms. The Kier molecular flexibility index (Phi) is 2.78. The Labute approximate surface area is 67.1 Å². The molecule has 0 atom stereocenters.